The minimum Gasteiger partial charge on any atom is -0.358 e. The van der Waals surface area contributed by atoms with Crippen molar-refractivity contribution in [3.05, 3.63) is 30.1 Å². The van der Waals surface area contributed by atoms with Crippen molar-refractivity contribution in [2.24, 2.45) is 5.41 Å². The predicted octanol–water partition coefficient (Wildman–Crippen LogP) is 1.73. The second-order valence-corrected chi connectivity index (χ2v) is 4.52. The third-order valence-electron chi connectivity index (χ3n) is 2.42. The molecule has 2 heterocycles. The molecule has 0 aliphatic carbocycles. The second-order valence-electron chi connectivity index (χ2n) is 4.52. The monoisotopic (exact) mass is 192 g/mol. The molecule has 0 saturated carbocycles. The van der Waals surface area contributed by atoms with E-state index in [1.807, 2.05) is 12.1 Å². The van der Waals surface area contributed by atoms with Gasteiger partial charge in [-0.3, -0.25) is 10.3 Å². The Morgan fingerprint density at radius 1 is 1.43 bits per heavy atom. The topological polar surface area (TPSA) is 34.2 Å². The van der Waals surface area contributed by atoms with Crippen LogP contribution >= 0.6 is 0 Å². The zero-order chi connectivity index (χ0) is 10.0. The minimum absolute atomic E-state index is 0.0334. The quantitative estimate of drug-likeness (QED) is 0.735. The highest BCUT2D eigenvalue weighted by atomic mass is 16.5. The molecule has 3 nitrogen and oxygen atoms in total. The van der Waals surface area contributed by atoms with E-state index in [1.54, 1.807) is 12.4 Å². The van der Waals surface area contributed by atoms with Crippen LogP contribution in [-0.4, -0.2) is 18.1 Å². The van der Waals surface area contributed by atoms with Gasteiger partial charge in [-0.2, -0.15) is 0 Å². The standard InChI is InChI=1S/C11H16N2O/c1-11(2)7-13-10(14-8-11)9-3-5-12-6-4-9/h3-6,10,13H,7-8H2,1-2H3. The van der Waals surface area contributed by atoms with E-state index in [-0.39, 0.29) is 11.6 Å². The molecular weight excluding hydrogens is 176 g/mol. The molecule has 0 bridgehead atoms. The molecule has 1 atom stereocenters. The number of nitrogens with zero attached hydrogens (tertiary/aromatic N) is 1. The van der Waals surface area contributed by atoms with E-state index >= 15 is 0 Å². The molecule has 0 spiro atoms. The van der Waals surface area contributed by atoms with E-state index in [2.05, 4.69) is 24.1 Å². The first-order chi connectivity index (χ1) is 6.67. The molecule has 76 valence electrons. The molecule has 1 saturated heterocycles. The molecule has 3 heteroatoms. The van der Waals surface area contributed by atoms with Crippen LogP contribution in [0.25, 0.3) is 0 Å². The Hall–Kier alpha value is -0.930. The van der Waals surface area contributed by atoms with E-state index in [9.17, 15) is 0 Å². The fourth-order valence-corrected chi connectivity index (χ4v) is 1.54. The van der Waals surface area contributed by atoms with Gasteiger partial charge in [-0.15, -0.1) is 0 Å². The normalized spacial score (nSPS) is 26.0. The fraction of sp³-hybridized carbons (Fsp3) is 0.545. The molecule has 0 radical (unpaired) electrons. The predicted molar refractivity (Wildman–Crippen MR) is 54.7 cm³/mol. The van der Waals surface area contributed by atoms with Gasteiger partial charge < -0.3 is 4.74 Å². The zero-order valence-electron chi connectivity index (χ0n) is 8.66. The highest BCUT2D eigenvalue weighted by molar-refractivity contribution is 5.13. The van der Waals surface area contributed by atoms with Crippen molar-refractivity contribution in [2.75, 3.05) is 13.2 Å². The molecule has 1 N–H and O–H groups in total. The number of ether oxygens (including phenoxy) is 1. The number of rotatable bonds is 1. The lowest BCUT2D eigenvalue weighted by molar-refractivity contribution is -0.0595. The van der Waals surface area contributed by atoms with Gasteiger partial charge >= 0.3 is 0 Å². The van der Waals surface area contributed by atoms with Crippen LogP contribution in [0.3, 0.4) is 0 Å². The van der Waals surface area contributed by atoms with E-state index < -0.39 is 0 Å². The van der Waals surface area contributed by atoms with E-state index in [0.717, 1.165) is 18.7 Å². The zero-order valence-corrected chi connectivity index (χ0v) is 8.66. The molecule has 2 rings (SSSR count). The van der Waals surface area contributed by atoms with Crippen LogP contribution < -0.4 is 5.32 Å². The summed E-state index contributed by atoms with van der Waals surface area (Å²) in [6, 6.07) is 3.96. The van der Waals surface area contributed by atoms with Gasteiger partial charge in [0, 0.05) is 24.4 Å². The summed E-state index contributed by atoms with van der Waals surface area (Å²) in [6.07, 6.45) is 3.62. The summed E-state index contributed by atoms with van der Waals surface area (Å²) in [5.74, 6) is 0. The van der Waals surface area contributed by atoms with Crippen molar-refractivity contribution in [3.8, 4) is 0 Å². The Morgan fingerprint density at radius 3 is 2.71 bits per heavy atom. The first kappa shape index (κ1) is 9.62. The summed E-state index contributed by atoms with van der Waals surface area (Å²) in [6.45, 7) is 6.18. The SMILES string of the molecule is CC1(C)CNC(c2ccncc2)OC1. The number of hydrogen-bond acceptors (Lipinski definition) is 3. The summed E-state index contributed by atoms with van der Waals surface area (Å²) < 4.78 is 5.74. The maximum absolute atomic E-state index is 5.74. The van der Waals surface area contributed by atoms with Crippen LogP contribution in [0, 0.1) is 5.41 Å². The Labute approximate surface area is 84.5 Å². The minimum atomic E-state index is 0.0334. The van der Waals surface area contributed by atoms with Crippen molar-refractivity contribution >= 4 is 0 Å². The summed E-state index contributed by atoms with van der Waals surface area (Å²) in [5, 5.41) is 3.38. The lowest BCUT2D eigenvalue weighted by atomic mass is 9.93. The van der Waals surface area contributed by atoms with Crippen molar-refractivity contribution in [1.29, 1.82) is 0 Å². The maximum atomic E-state index is 5.74. The highest BCUT2D eigenvalue weighted by Crippen LogP contribution is 2.25. The van der Waals surface area contributed by atoms with Crippen molar-refractivity contribution in [3.63, 3.8) is 0 Å². The highest BCUT2D eigenvalue weighted by Gasteiger charge is 2.27. The Balaban J connectivity index is 2.03. The molecular formula is C11H16N2O. The molecule has 1 aliphatic heterocycles. The van der Waals surface area contributed by atoms with Gasteiger partial charge in [-0.05, 0) is 17.7 Å². The molecule has 1 fully saturated rings. The maximum Gasteiger partial charge on any atom is 0.134 e. The lowest BCUT2D eigenvalue weighted by Crippen LogP contribution is -2.42. The third-order valence-corrected chi connectivity index (χ3v) is 2.42. The Bertz CT molecular complexity index is 287. The van der Waals surface area contributed by atoms with Crippen molar-refractivity contribution < 1.29 is 4.74 Å². The Morgan fingerprint density at radius 2 is 2.14 bits per heavy atom. The third kappa shape index (κ3) is 2.11. The molecule has 1 unspecified atom stereocenters. The van der Waals surface area contributed by atoms with E-state index in [1.165, 1.54) is 0 Å². The van der Waals surface area contributed by atoms with Gasteiger partial charge in [0.15, 0.2) is 0 Å². The van der Waals surface area contributed by atoms with E-state index in [4.69, 9.17) is 4.74 Å². The summed E-state index contributed by atoms with van der Waals surface area (Å²) in [7, 11) is 0. The summed E-state index contributed by atoms with van der Waals surface area (Å²) >= 11 is 0. The first-order valence-corrected chi connectivity index (χ1v) is 4.92. The van der Waals surface area contributed by atoms with Crippen LogP contribution in [0.5, 0.6) is 0 Å². The fourth-order valence-electron chi connectivity index (χ4n) is 1.54. The van der Waals surface area contributed by atoms with Crippen LogP contribution in [0.2, 0.25) is 0 Å². The van der Waals surface area contributed by atoms with Crippen LogP contribution in [0.15, 0.2) is 24.5 Å². The second kappa shape index (κ2) is 3.67. The summed E-state index contributed by atoms with van der Waals surface area (Å²) in [4.78, 5) is 3.99. The molecule has 1 aromatic rings. The van der Waals surface area contributed by atoms with Crippen molar-refractivity contribution in [2.45, 2.75) is 20.1 Å². The summed E-state index contributed by atoms with van der Waals surface area (Å²) in [5.41, 5.74) is 1.39. The lowest BCUT2D eigenvalue weighted by Gasteiger charge is -2.35. The number of pyridine rings is 1. The smallest absolute Gasteiger partial charge is 0.134 e. The van der Waals surface area contributed by atoms with Gasteiger partial charge in [-0.1, -0.05) is 13.8 Å². The molecule has 0 aromatic carbocycles. The van der Waals surface area contributed by atoms with Crippen LogP contribution in [0.4, 0.5) is 0 Å². The number of aromatic nitrogens is 1. The average molecular weight is 192 g/mol. The van der Waals surface area contributed by atoms with Crippen LogP contribution in [0.1, 0.15) is 25.6 Å². The first-order valence-electron chi connectivity index (χ1n) is 4.92. The Kier molecular flexibility index (Phi) is 2.52. The van der Waals surface area contributed by atoms with Crippen molar-refractivity contribution in [1.82, 2.24) is 10.3 Å². The number of nitrogens with one attached hydrogen (secondary N) is 1. The van der Waals surface area contributed by atoms with Gasteiger partial charge in [0.2, 0.25) is 0 Å². The van der Waals surface area contributed by atoms with Gasteiger partial charge in [0.25, 0.3) is 0 Å². The molecule has 14 heavy (non-hydrogen) atoms. The average Bonchev–Trinajstić information content (AvgIpc) is 2.19. The van der Waals surface area contributed by atoms with Gasteiger partial charge in [0.05, 0.1) is 6.61 Å². The largest absolute Gasteiger partial charge is 0.358 e. The van der Waals surface area contributed by atoms with Gasteiger partial charge in [0.1, 0.15) is 6.23 Å². The van der Waals surface area contributed by atoms with E-state index in [0.29, 0.717) is 0 Å². The van der Waals surface area contributed by atoms with Crippen LogP contribution in [-0.2, 0) is 4.74 Å². The molecule has 1 aromatic heterocycles. The molecule has 0 amide bonds. The van der Waals surface area contributed by atoms with Gasteiger partial charge in [-0.25, -0.2) is 0 Å². The molecule has 1 aliphatic rings. The number of hydrogen-bond donors (Lipinski definition) is 1.